The van der Waals surface area contributed by atoms with Gasteiger partial charge in [-0.15, -0.1) is 0 Å². The maximum absolute atomic E-state index is 6.15. The minimum atomic E-state index is 0.767. The number of hydrogen-bond donors (Lipinski definition) is 1. The number of benzene rings is 2. The van der Waals surface area contributed by atoms with Crippen LogP contribution in [-0.4, -0.2) is 7.11 Å². The Bertz CT molecular complexity index is 617. The van der Waals surface area contributed by atoms with E-state index in [1.807, 2.05) is 36.4 Å². The molecule has 0 aliphatic carbocycles. The van der Waals surface area contributed by atoms with Gasteiger partial charge in [0.15, 0.2) is 0 Å². The number of methoxy groups -OCH3 is 1. The van der Waals surface area contributed by atoms with Gasteiger partial charge in [0.2, 0.25) is 0 Å². The first-order valence-corrected chi connectivity index (χ1v) is 6.24. The molecule has 3 nitrogen and oxygen atoms in total. The van der Waals surface area contributed by atoms with E-state index in [-0.39, 0.29) is 0 Å². The van der Waals surface area contributed by atoms with Crippen LogP contribution in [0, 0.1) is 0 Å². The second kappa shape index (κ2) is 4.69. The zero-order chi connectivity index (χ0) is 13.2. The van der Waals surface area contributed by atoms with Gasteiger partial charge < -0.3 is 15.4 Å². The predicted octanol–water partition coefficient (Wildman–Crippen LogP) is 2.97. The molecule has 3 heteroatoms. The van der Waals surface area contributed by atoms with Crippen LogP contribution in [0.25, 0.3) is 6.08 Å². The van der Waals surface area contributed by atoms with Crippen molar-refractivity contribution in [2.45, 2.75) is 6.54 Å². The molecular weight excluding hydrogens is 236 g/mol. The summed E-state index contributed by atoms with van der Waals surface area (Å²) in [5, 5.41) is 0. The van der Waals surface area contributed by atoms with Gasteiger partial charge in [0.1, 0.15) is 11.6 Å². The molecule has 19 heavy (non-hydrogen) atoms. The van der Waals surface area contributed by atoms with Crippen LogP contribution in [0.1, 0.15) is 11.1 Å². The van der Waals surface area contributed by atoms with Crippen LogP contribution in [0.15, 0.2) is 54.4 Å². The smallest absolute Gasteiger partial charge is 0.119 e. The first kappa shape index (κ1) is 11.7. The van der Waals surface area contributed by atoms with E-state index >= 15 is 0 Å². The SMILES string of the molecule is COc1ccc(N2Cc3ccccc3C=C2N)cc1. The minimum Gasteiger partial charge on any atom is -0.497 e. The standard InChI is InChI=1S/C16H16N2O/c1-19-15-8-6-14(7-9-15)18-11-13-5-3-2-4-12(13)10-16(18)17/h2-10H,11,17H2,1H3. The molecule has 0 fully saturated rings. The molecule has 0 spiro atoms. The topological polar surface area (TPSA) is 38.5 Å². The Labute approximate surface area is 112 Å². The van der Waals surface area contributed by atoms with Crippen molar-refractivity contribution in [1.29, 1.82) is 0 Å². The van der Waals surface area contributed by atoms with E-state index in [4.69, 9.17) is 10.5 Å². The van der Waals surface area contributed by atoms with Gasteiger partial charge in [-0.1, -0.05) is 24.3 Å². The maximum Gasteiger partial charge on any atom is 0.119 e. The monoisotopic (exact) mass is 252 g/mol. The van der Waals surface area contributed by atoms with Gasteiger partial charge in [0.05, 0.1) is 13.7 Å². The van der Waals surface area contributed by atoms with Gasteiger partial charge >= 0.3 is 0 Å². The number of rotatable bonds is 2. The van der Waals surface area contributed by atoms with Crippen molar-refractivity contribution in [2.75, 3.05) is 12.0 Å². The molecule has 0 amide bonds. The van der Waals surface area contributed by atoms with Gasteiger partial charge in [-0.05, 0) is 41.5 Å². The van der Waals surface area contributed by atoms with Crippen LogP contribution >= 0.6 is 0 Å². The summed E-state index contributed by atoms with van der Waals surface area (Å²) in [7, 11) is 1.67. The Balaban J connectivity index is 1.94. The largest absolute Gasteiger partial charge is 0.497 e. The van der Waals surface area contributed by atoms with Gasteiger partial charge in [-0.2, -0.15) is 0 Å². The number of nitrogens with zero attached hydrogens (tertiary/aromatic N) is 1. The third-order valence-electron chi connectivity index (χ3n) is 3.38. The number of hydrogen-bond acceptors (Lipinski definition) is 3. The summed E-state index contributed by atoms with van der Waals surface area (Å²) < 4.78 is 5.18. The zero-order valence-electron chi connectivity index (χ0n) is 10.8. The normalized spacial score (nSPS) is 13.7. The van der Waals surface area contributed by atoms with Gasteiger partial charge in [0, 0.05) is 5.69 Å². The lowest BCUT2D eigenvalue weighted by Crippen LogP contribution is -2.29. The number of ether oxygens (including phenoxy) is 1. The van der Waals surface area contributed by atoms with E-state index in [9.17, 15) is 0 Å². The van der Waals surface area contributed by atoms with Crippen LogP contribution < -0.4 is 15.4 Å². The number of anilines is 1. The van der Waals surface area contributed by atoms with Crippen molar-refractivity contribution in [3.8, 4) is 5.75 Å². The molecule has 0 unspecified atom stereocenters. The fourth-order valence-corrected chi connectivity index (χ4v) is 2.32. The van der Waals surface area contributed by atoms with Crippen molar-refractivity contribution in [3.05, 3.63) is 65.5 Å². The van der Waals surface area contributed by atoms with E-state index in [1.165, 1.54) is 11.1 Å². The Morgan fingerprint density at radius 3 is 2.53 bits per heavy atom. The molecule has 2 aromatic carbocycles. The highest BCUT2D eigenvalue weighted by molar-refractivity contribution is 5.67. The average Bonchev–Trinajstić information content (AvgIpc) is 2.47. The Kier molecular flexibility index (Phi) is 2.88. The molecule has 0 saturated carbocycles. The Morgan fingerprint density at radius 2 is 1.79 bits per heavy atom. The van der Waals surface area contributed by atoms with Crippen LogP contribution in [0.3, 0.4) is 0 Å². The summed E-state index contributed by atoms with van der Waals surface area (Å²) >= 11 is 0. The van der Waals surface area contributed by atoms with Gasteiger partial charge in [-0.25, -0.2) is 0 Å². The average molecular weight is 252 g/mol. The summed E-state index contributed by atoms with van der Waals surface area (Å²) in [6, 6.07) is 16.3. The summed E-state index contributed by atoms with van der Waals surface area (Å²) in [4.78, 5) is 2.10. The highest BCUT2D eigenvalue weighted by Gasteiger charge is 2.16. The highest BCUT2D eigenvalue weighted by Crippen LogP contribution is 2.28. The minimum absolute atomic E-state index is 0.767. The quantitative estimate of drug-likeness (QED) is 0.893. The van der Waals surface area contributed by atoms with Crippen LogP contribution in [0.2, 0.25) is 0 Å². The number of fused-ring (bicyclic) bond motifs is 1. The van der Waals surface area contributed by atoms with Crippen molar-refractivity contribution in [3.63, 3.8) is 0 Å². The molecule has 2 N–H and O–H groups in total. The van der Waals surface area contributed by atoms with Crippen LogP contribution in [-0.2, 0) is 6.54 Å². The fourth-order valence-electron chi connectivity index (χ4n) is 2.32. The molecule has 1 aliphatic heterocycles. The zero-order valence-corrected chi connectivity index (χ0v) is 10.8. The molecule has 0 bridgehead atoms. The summed E-state index contributed by atoms with van der Waals surface area (Å²) in [5.74, 6) is 1.62. The van der Waals surface area contributed by atoms with E-state index in [0.29, 0.717) is 0 Å². The van der Waals surface area contributed by atoms with Gasteiger partial charge in [-0.3, -0.25) is 0 Å². The lowest BCUT2D eigenvalue weighted by Gasteiger charge is -2.29. The lowest BCUT2D eigenvalue weighted by atomic mass is 10.0. The summed E-state index contributed by atoms with van der Waals surface area (Å²) in [6.45, 7) is 0.796. The van der Waals surface area contributed by atoms with E-state index in [0.717, 1.165) is 23.8 Å². The molecular formula is C16H16N2O. The van der Waals surface area contributed by atoms with E-state index in [1.54, 1.807) is 7.11 Å². The maximum atomic E-state index is 6.15. The lowest BCUT2D eigenvalue weighted by molar-refractivity contribution is 0.415. The molecule has 1 aliphatic rings. The first-order valence-electron chi connectivity index (χ1n) is 6.24. The fraction of sp³-hybridized carbons (Fsp3) is 0.125. The molecule has 0 saturated heterocycles. The molecule has 0 atom stereocenters. The van der Waals surface area contributed by atoms with Crippen molar-refractivity contribution in [1.82, 2.24) is 0 Å². The summed E-state index contributed by atoms with van der Waals surface area (Å²) in [6.07, 6.45) is 2.02. The summed E-state index contributed by atoms with van der Waals surface area (Å²) in [5.41, 5.74) is 9.71. The third-order valence-corrected chi connectivity index (χ3v) is 3.38. The molecule has 1 heterocycles. The Morgan fingerprint density at radius 1 is 1.05 bits per heavy atom. The van der Waals surface area contributed by atoms with Crippen LogP contribution in [0.4, 0.5) is 5.69 Å². The highest BCUT2D eigenvalue weighted by atomic mass is 16.5. The van der Waals surface area contributed by atoms with Crippen molar-refractivity contribution >= 4 is 11.8 Å². The van der Waals surface area contributed by atoms with E-state index < -0.39 is 0 Å². The Hall–Kier alpha value is -2.42. The van der Waals surface area contributed by atoms with Crippen molar-refractivity contribution in [2.24, 2.45) is 5.73 Å². The van der Waals surface area contributed by atoms with Crippen molar-refractivity contribution < 1.29 is 4.74 Å². The second-order valence-electron chi connectivity index (χ2n) is 4.55. The van der Waals surface area contributed by atoms with E-state index in [2.05, 4.69) is 23.1 Å². The first-order chi connectivity index (χ1) is 9.28. The molecule has 3 rings (SSSR count). The molecule has 96 valence electrons. The third kappa shape index (κ3) is 2.15. The van der Waals surface area contributed by atoms with Crippen LogP contribution in [0.5, 0.6) is 5.75 Å². The number of nitrogens with two attached hydrogens (primary N) is 1. The predicted molar refractivity (Wildman–Crippen MR) is 77.8 cm³/mol. The second-order valence-corrected chi connectivity index (χ2v) is 4.55. The van der Waals surface area contributed by atoms with Gasteiger partial charge in [0.25, 0.3) is 0 Å². The molecule has 0 aromatic heterocycles. The molecule has 0 radical (unpaired) electrons. The molecule has 2 aromatic rings.